The molecule has 2 aromatic heterocycles. The molecule has 0 radical (unpaired) electrons. The SMILES string of the molecule is Cc1cc(Cc2cn(CC3CC3)nc2C)n(-c2ccc(F)cc2C(C)O)n1. The molecule has 0 bridgehead atoms. The van der Waals surface area contributed by atoms with Gasteiger partial charge in [0.1, 0.15) is 5.82 Å². The molecule has 1 aliphatic rings. The molecule has 0 amide bonds. The van der Waals surface area contributed by atoms with Crippen LogP contribution in [0, 0.1) is 25.6 Å². The molecule has 1 aliphatic carbocycles. The van der Waals surface area contributed by atoms with E-state index in [0.717, 1.165) is 35.1 Å². The van der Waals surface area contributed by atoms with E-state index in [4.69, 9.17) is 0 Å². The Balaban J connectivity index is 1.69. The van der Waals surface area contributed by atoms with Gasteiger partial charge in [0.05, 0.1) is 23.2 Å². The summed E-state index contributed by atoms with van der Waals surface area (Å²) < 4.78 is 17.6. The van der Waals surface area contributed by atoms with Crippen molar-refractivity contribution < 1.29 is 9.50 Å². The predicted molar refractivity (Wildman–Crippen MR) is 101 cm³/mol. The molecule has 4 rings (SSSR count). The molecule has 1 atom stereocenters. The number of hydrogen-bond acceptors (Lipinski definition) is 3. The summed E-state index contributed by atoms with van der Waals surface area (Å²) in [6.07, 6.45) is 4.63. The number of aliphatic hydroxyl groups excluding tert-OH is 1. The highest BCUT2D eigenvalue weighted by atomic mass is 19.1. The lowest BCUT2D eigenvalue weighted by molar-refractivity contribution is 0.198. The van der Waals surface area contributed by atoms with E-state index in [-0.39, 0.29) is 5.82 Å². The molecule has 0 spiro atoms. The molecule has 3 aromatic rings. The maximum Gasteiger partial charge on any atom is 0.123 e. The third-order valence-electron chi connectivity index (χ3n) is 5.13. The molecule has 1 saturated carbocycles. The van der Waals surface area contributed by atoms with Crippen molar-refractivity contribution in [3.63, 3.8) is 0 Å². The fourth-order valence-corrected chi connectivity index (χ4v) is 3.53. The van der Waals surface area contributed by atoms with Crippen molar-refractivity contribution in [2.24, 2.45) is 5.92 Å². The molecule has 0 saturated heterocycles. The Morgan fingerprint density at radius 1 is 1.22 bits per heavy atom. The highest BCUT2D eigenvalue weighted by molar-refractivity contribution is 5.44. The lowest BCUT2D eigenvalue weighted by Crippen LogP contribution is -2.08. The van der Waals surface area contributed by atoms with Crippen LogP contribution in [0.4, 0.5) is 4.39 Å². The summed E-state index contributed by atoms with van der Waals surface area (Å²) in [5.74, 6) is 0.412. The summed E-state index contributed by atoms with van der Waals surface area (Å²) in [5.41, 5.74) is 5.30. The second-order valence-corrected chi connectivity index (χ2v) is 7.65. The zero-order chi connectivity index (χ0) is 19.1. The van der Waals surface area contributed by atoms with Crippen LogP contribution in [0.5, 0.6) is 0 Å². The van der Waals surface area contributed by atoms with Gasteiger partial charge in [-0.25, -0.2) is 9.07 Å². The lowest BCUT2D eigenvalue weighted by atomic mass is 10.1. The van der Waals surface area contributed by atoms with Crippen LogP contribution in [0.3, 0.4) is 0 Å². The molecule has 5 nitrogen and oxygen atoms in total. The molecule has 1 unspecified atom stereocenters. The standard InChI is InChI=1S/C21H25FN4O/c1-13-8-19(9-17-12-25(24-14(17)2)11-16-4-5-16)26(23-13)21-7-6-18(22)10-20(21)15(3)27/h6-8,10,12,15-16,27H,4-5,9,11H2,1-3H3. The topological polar surface area (TPSA) is 55.9 Å². The van der Waals surface area contributed by atoms with E-state index in [0.29, 0.717) is 17.7 Å². The first-order valence-corrected chi connectivity index (χ1v) is 9.47. The Morgan fingerprint density at radius 2 is 2.00 bits per heavy atom. The fourth-order valence-electron chi connectivity index (χ4n) is 3.53. The minimum atomic E-state index is -0.781. The quantitative estimate of drug-likeness (QED) is 0.718. The van der Waals surface area contributed by atoms with E-state index < -0.39 is 6.10 Å². The van der Waals surface area contributed by atoms with E-state index in [1.165, 1.54) is 25.0 Å². The van der Waals surface area contributed by atoms with Crippen molar-refractivity contribution >= 4 is 0 Å². The average molecular weight is 368 g/mol. The zero-order valence-corrected chi connectivity index (χ0v) is 16.0. The third-order valence-corrected chi connectivity index (χ3v) is 5.13. The number of nitrogens with zero attached hydrogens (tertiary/aromatic N) is 4. The number of rotatable bonds is 6. The van der Waals surface area contributed by atoms with Crippen molar-refractivity contribution in [1.29, 1.82) is 0 Å². The van der Waals surface area contributed by atoms with Gasteiger partial charge in [-0.2, -0.15) is 10.2 Å². The first-order chi connectivity index (χ1) is 12.9. The highest BCUT2D eigenvalue weighted by Gasteiger charge is 2.23. The molecule has 6 heteroatoms. The number of aromatic nitrogens is 4. The molecule has 27 heavy (non-hydrogen) atoms. The molecule has 0 aliphatic heterocycles. The molecular weight excluding hydrogens is 343 g/mol. The number of halogens is 1. The smallest absolute Gasteiger partial charge is 0.123 e. The summed E-state index contributed by atoms with van der Waals surface area (Å²) in [6, 6.07) is 6.49. The summed E-state index contributed by atoms with van der Waals surface area (Å²) in [7, 11) is 0. The van der Waals surface area contributed by atoms with Crippen LogP contribution in [0.15, 0.2) is 30.5 Å². The van der Waals surface area contributed by atoms with Gasteiger partial charge in [0, 0.05) is 30.4 Å². The minimum absolute atomic E-state index is 0.364. The summed E-state index contributed by atoms with van der Waals surface area (Å²) in [5, 5.41) is 19.3. The van der Waals surface area contributed by atoms with E-state index in [9.17, 15) is 9.50 Å². The second-order valence-electron chi connectivity index (χ2n) is 7.65. The highest BCUT2D eigenvalue weighted by Crippen LogP contribution is 2.31. The van der Waals surface area contributed by atoms with Gasteiger partial charge < -0.3 is 5.11 Å². The molecule has 1 aromatic carbocycles. The Labute approximate surface area is 158 Å². The van der Waals surface area contributed by atoms with Crippen molar-refractivity contribution in [2.75, 3.05) is 0 Å². The molecular formula is C21H25FN4O. The number of benzene rings is 1. The maximum atomic E-state index is 13.7. The fraction of sp³-hybridized carbons (Fsp3) is 0.429. The van der Waals surface area contributed by atoms with Gasteiger partial charge in [0.15, 0.2) is 0 Å². The van der Waals surface area contributed by atoms with Crippen molar-refractivity contribution in [1.82, 2.24) is 19.6 Å². The number of aliphatic hydroxyl groups is 1. The van der Waals surface area contributed by atoms with Crippen LogP contribution in [0.25, 0.3) is 5.69 Å². The van der Waals surface area contributed by atoms with Crippen LogP contribution < -0.4 is 0 Å². The Hall–Kier alpha value is -2.47. The number of hydrogen-bond donors (Lipinski definition) is 1. The average Bonchev–Trinajstić information content (AvgIpc) is 3.25. The van der Waals surface area contributed by atoms with Crippen LogP contribution in [-0.2, 0) is 13.0 Å². The summed E-state index contributed by atoms with van der Waals surface area (Å²) in [6.45, 7) is 6.60. The van der Waals surface area contributed by atoms with E-state index in [1.54, 1.807) is 13.0 Å². The van der Waals surface area contributed by atoms with E-state index in [1.807, 2.05) is 24.6 Å². The Bertz CT molecular complexity index is 969. The van der Waals surface area contributed by atoms with Gasteiger partial charge in [-0.3, -0.25) is 4.68 Å². The third kappa shape index (κ3) is 3.81. The molecule has 1 fully saturated rings. The molecule has 1 N–H and O–H groups in total. The second kappa shape index (κ2) is 6.93. The lowest BCUT2D eigenvalue weighted by Gasteiger charge is -2.14. The van der Waals surface area contributed by atoms with Crippen molar-refractivity contribution in [2.45, 2.75) is 52.7 Å². The normalized spacial score (nSPS) is 15.3. The van der Waals surface area contributed by atoms with Crippen molar-refractivity contribution in [3.8, 4) is 5.69 Å². The van der Waals surface area contributed by atoms with E-state index in [2.05, 4.69) is 21.1 Å². The van der Waals surface area contributed by atoms with Gasteiger partial charge in [0.2, 0.25) is 0 Å². The zero-order valence-electron chi connectivity index (χ0n) is 16.0. The van der Waals surface area contributed by atoms with E-state index >= 15 is 0 Å². The van der Waals surface area contributed by atoms with Crippen LogP contribution in [0.2, 0.25) is 0 Å². The van der Waals surface area contributed by atoms with Crippen LogP contribution in [-0.4, -0.2) is 24.7 Å². The summed E-state index contributed by atoms with van der Waals surface area (Å²) in [4.78, 5) is 0. The maximum absolute atomic E-state index is 13.7. The Morgan fingerprint density at radius 3 is 2.70 bits per heavy atom. The number of aryl methyl sites for hydroxylation is 2. The minimum Gasteiger partial charge on any atom is -0.389 e. The largest absolute Gasteiger partial charge is 0.389 e. The predicted octanol–water partition coefficient (Wildman–Crippen LogP) is 3.88. The van der Waals surface area contributed by atoms with Crippen molar-refractivity contribution in [3.05, 3.63) is 64.5 Å². The monoisotopic (exact) mass is 368 g/mol. The molecule has 2 heterocycles. The van der Waals surface area contributed by atoms with Gasteiger partial charge >= 0.3 is 0 Å². The van der Waals surface area contributed by atoms with Gasteiger partial charge in [-0.1, -0.05) is 0 Å². The Kier molecular flexibility index (Phi) is 4.60. The van der Waals surface area contributed by atoms with Gasteiger partial charge in [-0.15, -0.1) is 0 Å². The molecule has 142 valence electrons. The van der Waals surface area contributed by atoms with Gasteiger partial charge in [-0.05, 0) is 69.4 Å². The van der Waals surface area contributed by atoms with Crippen LogP contribution >= 0.6 is 0 Å². The van der Waals surface area contributed by atoms with Gasteiger partial charge in [0.25, 0.3) is 0 Å². The van der Waals surface area contributed by atoms with Crippen LogP contribution in [0.1, 0.15) is 54.1 Å². The summed E-state index contributed by atoms with van der Waals surface area (Å²) >= 11 is 0. The first kappa shape index (κ1) is 17.9. The first-order valence-electron chi connectivity index (χ1n) is 9.47.